The molecular weight excluding hydrogens is 238 g/mol. The second kappa shape index (κ2) is 5.15. The average molecular weight is 255 g/mol. The maximum Gasteiger partial charge on any atom is 0.105 e. The molecule has 0 bridgehead atoms. The largest absolute Gasteiger partial charge is 0.469 e. The van der Waals surface area contributed by atoms with Crippen LogP contribution < -0.4 is 4.90 Å². The molecule has 0 saturated heterocycles. The van der Waals surface area contributed by atoms with E-state index in [4.69, 9.17) is 4.42 Å². The third kappa shape index (κ3) is 2.60. The number of pyridine rings is 1. The summed E-state index contributed by atoms with van der Waals surface area (Å²) in [5.41, 5.74) is 4.36. The molecule has 98 valence electrons. The Labute approximate surface area is 113 Å². The number of anilines is 1. The van der Waals surface area contributed by atoms with Crippen LogP contribution in [0.25, 0.3) is 0 Å². The molecule has 0 fully saturated rings. The molecule has 4 heteroatoms. The second-order valence-corrected chi connectivity index (χ2v) is 4.71. The minimum Gasteiger partial charge on any atom is -0.469 e. The lowest BCUT2D eigenvalue weighted by Gasteiger charge is -2.21. The van der Waals surface area contributed by atoms with Crippen molar-refractivity contribution in [3.05, 3.63) is 46.7 Å². The van der Waals surface area contributed by atoms with Crippen molar-refractivity contribution in [3.8, 4) is 6.07 Å². The van der Waals surface area contributed by atoms with Gasteiger partial charge in [0.25, 0.3) is 0 Å². The number of aromatic nitrogens is 1. The van der Waals surface area contributed by atoms with Gasteiger partial charge in [-0.2, -0.15) is 5.26 Å². The molecule has 0 unspecified atom stereocenters. The van der Waals surface area contributed by atoms with Crippen molar-refractivity contribution in [1.82, 2.24) is 4.98 Å². The zero-order valence-electron chi connectivity index (χ0n) is 11.7. The van der Waals surface area contributed by atoms with Crippen LogP contribution in [0.2, 0.25) is 0 Å². The molecule has 0 atom stereocenters. The lowest BCUT2D eigenvalue weighted by molar-refractivity contribution is 0.529. The van der Waals surface area contributed by atoms with Crippen LogP contribution in [-0.4, -0.2) is 12.0 Å². The van der Waals surface area contributed by atoms with Gasteiger partial charge in [-0.15, -0.1) is 0 Å². The van der Waals surface area contributed by atoms with Crippen molar-refractivity contribution in [2.75, 3.05) is 11.9 Å². The molecule has 2 aromatic heterocycles. The number of hydrogen-bond donors (Lipinski definition) is 0. The van der Waals surface area contributed by atoms with Gasteiger partial charge in [-0.25, -0.2) is 0 Å². The van der Waals surface area contributed by atoms with Gasteiger partial charge in [0.2, 0.25) is 0 Å². The molecule has 0 aliphatic rings. The van der Waals surface area contributed by atoms with Gasteiger partial charge in [0.1, 0.15) is 11.8 Å². The van der Waals surface area contributed by atoms with Gasteiger partial charge in [0.15, 0.2) is 0 Å². The van der Waals surface area contributed by atoms with Crippen LogP contribution >= 0.6 is 0 Å². The molecule has 19 heavy (non-hydrogen) atoms. The molecule has 2 rings (SSSR count). The van der Waals surface area contributed by atoms with Crippen LogP contribution in [0, 0.1) is 32.1 Å². The van der Waals surface area contributed by atoms with Crippen LogP contribution in [0.1, 0.15) is 28.3 Å². The van der Waals surface area contributed by atoms with Gasteiger partial charge >= 0.3 is 0 Å². The van der Waals surface area contributed by atoms with Crippen LogP contribution in [0.15, 0.2) is 22.8 Å². The summed E-state index contributed by atoms with van der Waals surface area (Å²) in [6.45, 7) is 6.46. The maximum atomic E-state index is 9.28. The first kappa shape index (κ1) is 13.2. The molecule has 0 aliphatic carbocycles. The Morgan fingerprint density at radius 2 is 2.11 bits per heavy atom. The van der Waals surface area contributed by atoms with Gasteiger partial charge in [-0.05, 0) is 32.9 Å². The Bertz CT molecular complexity index is 637. The first-order valence-corrected chi connectivity index (χ1v) is 6.15. The van der Waals surface area contributed by atoms with E-state index >= 15 is 0 Å². The summed E-state index contributed by atoms with van der Waals surface area (Å²) in [4.78, 5) is 6.39. The van der Waals surface area contributed by atoms with Crippen molar-refractivity contribution < 1.29 is 4.42 Å². The van der Waals surface area contributed by atoms with Crippen LogP contribution in [0.3, 0.4) is 0 Å². The molecule has 0 aliphatic heterocycles. The number of nitriles is 1. The molecular formula is C15H17N3O. The molecule has 2 aromatic rings. The summed E-state index contributed by atoms with van der Waals surface area (Å²) in [7, 11) is 1.97. The zero-order chi connectivity index (χ0) is 14.0. The zero-order valence-corrected chi connectivity index (χ0v) is 11.7. The number of furan rings is 1. The highest BCUT2D eigenvalue weighted by Gasteiger charge is 2.13. The summed E-state index contributed by atoms with van der Waals surface area (Å²) < 4.78 is 5.30. The van der Waals surface area contributed by atoms with E-state index < -0.39 is 0 Å². The van der Waals surface area contributed by atoms with Crippen molar-refractivity contribution in [2.45, 2.75) is 27.3 Å². The van der Waals surface area contributed by atoms with E-state index in [0.717, 1.165) is 28.4 Å². The van der Waals surface area contributed by atoms with E-state index in [0.29, 0.717) is 12.1 Å². The minimum absolute atomic E-state index is 0.634. The Kier molecular flexibility index (Phi) is 3.57. The smallest absolute Gasteiger partial charge is 0.105 e. The molecule has 0 N–H and O–H groups in total. The monoisotopic (exact) mass is 255 g/mol. The van der Waals surface area contributed by atoms with Crippen molar-refractivity contribution in [2.24, 2.45) is 0 Å². The number of aryl methyl sites for hydroxylation is 3. The number of nitrogens with zero attached hydrogens (tertiary/aromatic N) is 3. The van der Waals surface area contributed by atoms with Gasteiger partial charge < -0.3 is 9.32 Å². The summed E-state index contributed by atoms with van der Waals surface area (Å²) in [5.74, 6) is 0.910. The predicted octanol–water partition coefficient (Wildman–Crippen LogP) is 3.11. The SMILES string of the molecule is Cc1cc(N(C)Cc2ccoc2C)c(C#N)c(C)n1. The van der Waals surface area contributed by atoms with E-state index in [2.05, 4.69) is 16.0 Å². The fourth-order valence-corrected chi connectivity index (χ4v) is 2.16. The van der Waals surface area contributed by atoms with Gasteiger partial charge in [0.05, 0.1) is 23.2 Å². The second-order valence-electron chi connectivity index (χ2n) is 4.71. The third-order valence-electron chi connectivity index (χ3n) is 3.20. The van der Waals surface area contributed by atoms with Crippen LogP contribution in [0.5, 0.6) is 0 Å². The highest BCUT2D eigenvalue weighted by Crippen LogP contribution is 2.24. The topological polar surface area (TPSA) is 53.1 Å². The van der Waals surface area contributed by atoms with Gasteiger partial charge in [0, 0.05) is 24.8 Å². The lowest BCUT2D eigenvalue weighted by Crippen LogP contribution is -2.18. The van der Waals surface area contributed by atoms with E-state index in [9.17, 15) is 5.26 Å². The van der Waals surface area contributed by atoms with Gasteiger partial charge in [-0.3, -0.25) is 4.98 Å². The van der Waals surface area contributed by atoms with E-state index in [1.54, 1.807) is 6.26 Å². The molecule has 0 spiro atoms. The Balaban J connectivity index is 2.36. The summed E-state index contributed by atoms with van der Waals surface area (Å²) in [6, 6.07) is 6.14. The first-order chi connectivity index (χ1) is 9.02. The lowest BCUT2D eigenvalue weighted by atomic mass is 10.1. The van der Waals surface area contributed by atoms with Crippen molar-refractivity contribution in [3.63, 3.8) is 0 Å². The standard InChI is InChI=1S/C15H17N3O/c1-10-7-15(14(8-16)11(2)17-10)18(4)9-13-5-6-19-12(13)3/h5-7H,9H2,1-4H3. The summed E-state index contributed by atoms with van der Waals surface area (Å²) >= 11 is 0. The number of hydrogen-bond acceptors (Lipinski definition) is 4. The quantitative estimate of drug-likeness (QED) is 0.845. The summed E-state index contributed by atoms with van der Waals surface area (Å²) in [6.07, 6.45) is 1.69. The molecule has 2 heterocycles. The van der Waals surface area contributed by atoms with E-state index in [1.165, 1.54) is 0 Å². The first-order valence-electron chi connectivity index (χ1n) is 6.15. The van der Waals surface area contributed by atoms with E-state index in [-0.39, 0.29) is 0 Å². The minimum atomic E-state index is 0.634. The maximum absolute atomic E-state index is 9.28. The highest BCUT2D eigenvalue weighted by molar-refractivity contribution is 5.61. The summed E-state index contributed by atoms with van der Waals surface area (Å²) in [5, 5.41) is 9.28. The molecule has 0 saturated carbocycles. The van der Waals surface area contributed by atoms with Crippen LogP contribution in [0.4, 0.5) is 5.69 Å². The molecule has 0 radical (unpaired) electrons. The molecule has 4 nitrogen and oxygen atoms in total. The van der Waals surface area contributed by atoms with Crippen LogP contribution in [-0.2, 0) is 6.54 Å². The normalized spacial score (nSPS) is 10.3. The fraction of sp³-hybridized carbons (Fsp3) is 0.333. The third-order valence-corrected chi connectivity index (χ3v) is 3.20. The number of rotatable bonds is 3. The Morgan fingerprint density at radius 1 is 1.37 bits per heavy atom. The Morgan fingerprint density at radius 3 is 2.68 bits per heavy atom. The Hall–Kier alpha value is -2.28. The highest BCUT2D eigenvalue weighted by atomic mass is 16.3. The fourth-order valence-electron chi connectivity index (χ4n) is 2.16. The molecule has 0 amide bonds. The predicted molar refractivity (Wildman–Crippen MR) is 74.0 cm³/mol. The van der Waals surface area contributed by atoms with Crippen molar-refractivity contribution in [1.29, 1.82) is 5.26 Å². The van der Waals surface area contributed by atoms with Gasteiger partial charge in [-0.1, -0.05) is 0 Å². The average Bonchev–Trinajstić information content (AvgIpc) is 2.74. The van der Waals surface area contributed by atoms with Crippen molar-refractivity contribution >= 4 is 5.69 Å². The molecule has 0 aromatic carbocycles. The van der Waals surface area contributed by atoms with E-state index in [1.807, 2.05) is 40.0 Å².